The summed E-state index contributed by atoms with van der Waals surface area (Å²) in [5, 5.41) is 4.41. The minimum absolute atomic E-state index is 0.215. The van der Waals surface area contributed by atoms with Gasteiger partial charge in [-0.2, -0.15) is 0 Å². The summed E-state index contributed by atoms with van der Waals surface area (Å²) in [6.07, 6.45) is 3.10. The fourth-order valence-corrected chi connectivity index (χ4v) is 3.22. The van der Waals surface area contributed by atoms with Gasteiger partial charge in [-0.3, -0.25) is 4.79 Å². The highest BCUT2D eigenvalue weighted by molar-refractivity contribution is 6.31. The van der Waals surface area contributed by atoms with Crippen LogP contribution in [-0.4, -0.2) is 32.2 Å². The normalized spacial score (nSPS) is 14.8. The molecule has 0 bridgehead atoms. The van der Waals surface area contributed by atoms with Crippen LogP contribution in [0.25, 0.3) is 17.0 Å². The van der Waals surface area contributed by atoms with Crippen molar-refractivity contribution in [1.82, 2.24) is 0 Å². The van der Waals surface area contributed by atoms with Crippen LogP contribution in [0.1, 0.15) is 5.76 Å². The van der Waals surface area contributed by atoms with Crippen molar-refractivity contribution in [3.63, 3.8) is 0 Å². The third kappa shape index (κ3) is 4.32. The number of carbonyl (C=O) groups excluding carboxylic acids is 1. The van der Waals surface area contributed by atoms with Gasteiger partial charge < -0.3 is 19.4 Å². The number of hydrogen-bond donors (Lipinski definition) is 1. The average molecular weight is 383 g/mol. The summed E-state index contributed by atoms with van der Waals surface area (Å²) in [5.41, 5.74) is 2.61. The fourth-order valence-electron chi connectivity index (χ4n) is 3.04. The Balaban J connectivity index is 1.38. The predicted molar refractivity (Wildman–Crippen MR) is 108 cm³/mol. The van der Waals surface area contributed by atoms with E-state index in [1.807, 2.05) is 42.5 Å². The number of nitrogens with one attached hydrogen (secondary N) is 1. The molecule has 4 rings (SSSR count). The molecule has 5 nitrogen and oxygen atoms in total. The molecule has 138 valence electrons. The molecule has 27 heavy (non-hydrogen) atoms. The number of carbonyl (C=O) groups is 1. The minimum atomic E-state index is -0.215. The average Bonchev–Trinajstić information content (AvgIpc) is 3.10. The molecule has 1 fully saturated rings. The van der Waals surface area contributed by atoms with Gasteiger partial charge >= 0.3 is 0 Å². The van der Waals surface area contributed by atoms with Crippen molar-refractivity contribution >= 4 is 45.9 Å². The summed E-state index contributed by atoms with van der Waals surface area (Å²) in [6.45, 7) is 3.27. The van der Waals surface area contributed by atoms with Gasteiger partial charge in [0, 0.05) is 40.9 Å². The Bertz CT molecular complexity index is 973. The monoisotopic (exact) mass is 382 g/mol. The molecule has 1 aliphatic rings. The Morgan fingerprint density at radius 3 is 2.63 bits per heavy atom. The number of fused-ring (bicyclic) bond motifs is 1. The Hall–Kier alpha value is -2.76. The quantitative estimate of drug-likeness (QED) is 0.671. The van der Waals surface area contributed by atoms with Crippen LogP contribution < -0.4 is 10.2 Å². The van der Waals surface area contributed by atoms with Gasteiger partial charge in [0.15, 0.2) is 0 Å². The molecule has 0 radical (unpaired) electrons. The van der Waals surface area contributed by atoms with Crippen molar-refractivity contribution in [2.24, 2.45) is 0 Å². The molecule has 1 amide bonds. The molecule has 1 saturated heterocycles. The second kappa shape index (κ2) is 7.86. The van der Waals surface area contributed by atoms with Crippen LogP contribution in [0, 0.1) is 0 Å². The van der Waals surface area contributed by atoms with Gasteiger partial charge in [-0.15, -0.1) is 0 Å². The summed E-state index contributed by atoms with van der Waals surface area (Å²) in [7, 11) is 0. The number of furan rings is 1. The van der Waals surface area contributed by atoms with E-state index < -0.39 is 0 Å². The fraction of sp³-hybridized carbons (Fsp3) is 0.190. The van der Waals surface area contributed by atoms with E-state index in [1.165, 1.54) is 6.08 Å². The molecular formula is C21H19ClN2O3. The van der Waals surface area contributed by atoms with Gasteiger partial charge in [0.2, 0.25) is 5.91 Å². The Labute approximate surface area is 162 Å². The number of nitrogens with zero attached hydrogens (tertiary/aromatic N) is 1. The van der Waals surface area contributed by atoms with Crippen LogP contribution in [0.5, 0.6) is 0 Å². The van der Waals surface area contributed by atoms with Crippen molar-refractivity contribution in [2.45, 2.75) is 0 Å². The highest BCUT2D eigenvalue weighted by Gasteiger charge is 2.11. The first-order chi connectivity index (χ1) is 13.2. The first-order valence-corrected chi connectivity index (χ1v) is 9.16. The Kier molecular flexibility index (Phi) is 5.14. The summed E-state index contributed by atoms with van der Waals surface area (Å²) >= 11 is 5.97. The van der Waals surface area contributed by atoms with E-state index in [0.717, 1.165) is 48.6 Å². The summed E-state index contributed by atoms with van der Waals surface area (Å²) in [6, 6.07) is 15.1. The number of ether oxygens (including phenoxy) is 1. The number of hydrogen-bond acceptors (Lipinski definition) is 4. The number of amides is 1. The Morgan fingerprint density at radius 2 is 1.85 bits per heavy atom. The molecule has 2 heterocycles. The second-order valence-electron chi connectivity index (χ2n) is 6.30. The lowest BCUT2D eigenvalue weighted by molar-refractivity contribution is -0.111. The SMILES string of the molecule is O=C(C=Cc1cc2cc(Cl)ccc2o1)Nc1ccc(N2CCOCC2)cc1. The maximum Gasteiger partial charge on any atom is 0.248 e. The van der Waals surface area contributed by atoms with Crippen LogP contribution in [0.3, 0.4) is 0 Å². The van der Waals surface area contributed by atoms with E-state index in [4.69, 9.17) is 20.8 Å². The maximum absolute atomic E-state index is 12.2. The molecule has 0 spiro atoms. The number of morpholine rings is 1. The van der Waals surface area contributed by atoms with Gasteiger partial charge in [0.05, 0.1) is 13.2 Å². The zero-order chi connectivity index (χ0) is 18.6. The van der Waals surface area contributed by atoms with Crippen LogP contribution >= 0.6 is 11.6 Å². The molecule has 0 saturated carbocycles. The zero-order valence-electron chi connectivity index (χ0n) is 14.7. The summed E-state index contributed by atoms with van der Waals surface area (Å²) in [5.74, 6) is 0.387. The molecule has 0 unspecified atom stereocenters. The third-order valence-electron chi connectivity index (χ3n) is 4.41. The number of anilines is 2. The maximum atomic E-state index is 12.2. The van der Waals surface area contributed by atoms with Crippen LogP contribution in [0.4, 0.5) is 11.4 Å². The van der Waals surface area contributed by atoms with Crippen molar-refractivity contribution < 1.29 is 13.9 Å². The van der Waals surface area contributed by atoms with E-state index in [2.05, 4.69) is 10.2 Å². The third-order valence-corrected chi connectivity index (χ3v) is 4.64. The van der Waals surface area contributed by atoms with Gasteiger partial charge in [0.1, 0.15) is 11.3 Å². The molecule has 2 aromatic carbocycles. The summed E-state index contributed by atoms with van der Waals surface area (Å²) < 4.78 is 11.0. The van der Waals surface area contributed by atoms with Gasteiger partial charge in [0.25, 0.3) is 0 Å². The first kappa shape index (κ1) is 17.6. The highest BCUT2D eigenvalue weighted by Crippen LogP contribution is 2.24. The highest BCUT2D eigenvalue weighted by atomic mass is 35.5. The van der Waals surface area contributed by atoms with E-state index >= 15 is 0 Å². The number of rotatable bonds is 4. The van der Waals surface area contributed by atoms with Gasteiger partial charge in [-0.1, -0.05) is 11.6 Å². The lowest BCUT2D eigenvalue weighted by Crippen LogP contribution is -2.36. The molecule has 1 aromatic heterocycles. The van der Waals surface area contributed by atoms with Crippen LogP contribution in [-0.2, 0) is 9.53 Å². The van der Waals surface area contributed by atoms with Crippen LogP contribution in [0.15, 0.2) is 59.0 Å². The number of halogens is 1. The van der Waals surface area contributed by atoms with Crippen LogP contribution in [0.2, 0.25) is 5.02 Å². The van der Waals surface area contributed by atoms with E-state index in [0.29, 0.717) is 10.8 Å². The van der Waals surface area contributed by atoms with Gasteiger partial charge in [-0.05, 0) is 54.6 Å². The van der Waals surface area contributed by atoms with E-state index in [9.17, 15) is 4.79 Å². The van der Waals surface area contributed by atoms with E-state index in [-0.39, 0.29) is 5.91 Å². The molecule has 6 heteroatoms. The lowest BCUT2D eigenvalue weighted by Gasteiger charge is -2.28. The topological polar surface area (TPSA) is 54.7 Å². The molecule has 1 N–H and O–H groups in total. The van der Waals surface area contributed by atoms with Crippen molar-refractivity contribution in [1.29, 1.82) is 0 Å². The lowest BCUT2D eigenvalue weighted by atomic mass is 10.2. The predicted octanol–water partition coefficient (Wildman–Crippen LogP) is 4.57. The second-order valence-corrected chi connectivity index (χ2v) is 6.74. The molecular weight excluding hydrogens is 364 g/mol. The number of benzene rings is 2. The first-order valence-electron chi connectivity index (χ1n) is 8.78. The Morgan fingerprint density at radius 1 is 1.07 bits per heavy atom. The van der Waals surface area contributed by atoms with E-state index in [1.54, 1.807) is 12.1 Å². The standard InChI is InChI=1S/C21H19ClN2O3/c22-16-1-7-20-15(13-16)14-19(27-20)6-8-21(25)23-17-2-4-18(5-3-17)24-9-11-26-12-10-24/h1-8,13-14H,9-12H2,(H,23,25). The van der Waals surface area contributed by atoms with Crippen molar-refractivity contribution in [3.05, 3.63) is 65.4 Å². The van der Waals surface area contributed by atoms with Gasteiger partial charge in [-0.25, -0.2) is 0 Å². The minimum Gasteiger partial charge on any atom is -0.457 e. The van der Waals surface area contributed by atoms with Crippen molar-refractivity contribution in [3.8, 4) is 0 Å². The molecule has 0 atom stereocenters. The molecule has 1 aliphatic heterocycles. The summed E-state index contributed by atoms with van der Waals surface area (Å²) in [4.78, 5) is 14.4. The molecule has 0 aliphatic carbocycles. The largest absolute Gasteiger partial charge is 0.457 e. The smallest absolute Gasteiger partial charge is 0.248 e. The van der Waals surface area contributed by atoms with Crippen molar-refractivity contribution in [2.75, 3.05) is 36.5 Å². The molecule has 3 aromatic rings. The zero-order valence-corrected chi connectivity index (χ0v) is 15.4.